The summed E-state index contributed by atoms with van der Waals surface area (Å²) >= 11 is 1.79. The smallest absolute Gasteiger partial charge is 0.00822 e. The number of thiophene rings is 1. The molecule has 2 nitrogen and oxygen atoms in total. The van der Waals surface area contributed by atoms with E-state index in [1.54, 1.807) is 11.3 Å². The minimum absolute atomic E-state index is 0.570. The molecule has 1 aliphatic heterocycles. The Morgan fingerprint density at radius 2 is 2.35 bits per heavy atom. The molecule has 3 unspecified atom stereocenters. The van der Waals surface area contributed by atoms with Crippen LogP contribution in [0.1, 0.15) is 38.7 Å². The van der Waals surface area contributed by atoms with Gasteiger partial charge in [0.15, 0.2) is 0 Å². The molecular weight excluding hydrogens is 228 g/mol. The average molecular weight is 252 g/mol. The predicted octanol–water partition coefficient (Wildman–Crippen LogP) is 2.80. The molecule has 0 saturated carbocycles. The molecule has 1 aromatic rings. The Bertz CT molecular complexity index is 304. The van der Waals surface area contributed by atoms with Crippen LogP contribution in [0.15, 0.2) is 16.8 Å². The lowest BCUT2D eigenvalue weighted by Gasteiger charge is -2.22. The van der Waals surface area contributed by atoms with Crippen molar-refractivity contribution >= 4 is 11.3 Å². The van der Waals surface area contributed by atoms with Crippen molar-refractivity contribution in [3.05, 3.63) is 22.4 Å². The zero-order chi connectivity index (χ0) is 12.1. The summed E-state index contributed by atoms with van der Waals surface area (Å²) in [4.78, 5) is 0. The second kappa shape index (κ2) is 6.53. The molecule has 0 aliphatic carbocycles. The highest BCUT2D eigenvalue weighted by molar-refractivity contribution is 7.07. The first-order chi connectivity index (χ1) is 8.24. The van der Waals surface area contributed by atoms with Crippen molar-refractivity contribution in [2.75, 3.05) is 6.54 Å². The van der Waals surface area contributed by atoms with Gasteiger partial charge in [0.05, 0.1) is 0 Å². The van der Waals surface area contributed by atoms with Gasteiger partial charge in [-0.3, -0.25) is 0 Å². The van der Waals surface area contributed by atoms with Gasteiger partial charge in [-0.05, 0) is 68.5 Å². The standard InChI is InChI=1S/C14H24N2S/c1-11(8-13-5-7-17-10-13)16-12(2)9-14-4-3-6-15-14/h5,7,10-12,14-16H,3-4,6,8-9H2,1-2H3. The molecule has 1 aromatic heterocycles. The minimum Gasteiger partial charge on any atom is -0.314 e. The van der Waals surface area contributed by atoms with Crippen molar-refractivity contribution < 1.29 is 0 Å². The van der Waals surface area contributed by atoms with Crippen LogP contribution in [0.5, 0.6) is 0 Å². The minimum atomic E-state index is 0.570. The fraction of sp³-hybridized carbons (Fsp3) is 0.714. The van der Waals surface area contributed by atoms with E-state index < -0.39 is 0 Å². The number of hydrogen-bond donors (Lipinski definition) is 2. The Hall–Kier alpha value is -0.380. The summed E-state index contributed by atoms with van der Waals surface area (Å²) in [5, 5.41) is 11.7. The fourth-order valence-corrected chi connectivity index (χ4v) is 3.44. The molecular formula is C14H24N2S. The number of hydrogen-bond acceptors (Lipinski definition) is 3. The van der Waals surface area contributed by atoms with Crippen LogP contribution >= 0.6 is 11.3 Å². The maximum atomic E-state index is 3.71. The molecule has 0 bridgehead atoms. The summed E-state index contributed by atoms with van der Waals surface area (Å²) < 4.78 is 0. The third kappa shape index (κ3) is 4.41. The molecule has 2 heterocycles. The van der Waals surface area contributed by atoms with Crippen molar-refractivity contribution in [3.63, 3.8) is 0 Å². The van der Waals surface area contributed by atoms with E-state index in [2.05, 4.69) is 41.3 Å². The molecule has 0 spiro atoms. The first kappa shape index (κ1) is 13.1. The van der Waals surface area contributed by atoms with E-state index >= 15 is 0 Å². The van der Waals surface area contributed by atoms with Gasteiger partial charge in [0.2, 0.25) is 0 Å². The number of nitrogens with one attached hydrogen (secondary N) is 2. The first-order valence-corrected chi connectivity index (χ1v) is 7.69. The highest BCUT2D eigenvalue weighted by atomic mass is 32.1. The largest absolute Gasteiger partial charge is 0.314 e. The van der Waals surface area contributed by atoms with Crippen LogP contribution in [-0.4, -0.2) is 24.7 Å². The third-order valence-electron chi connectivity index (χ3n) is 3.49. The molecule has 2 rings (SSSR count). The van der Waals surface area contributed by atoms with Crippen LogP contribution in [0.3, 0.4) is 0 Å². The van der Waals surface area contributed by atoms with E-state index in [0.717, 1.165) is 12.5 Å². The monoisotopic (exact) mass is 252 g/mol. The van der Waals surface area contributed by atoms with E-state index in [0.29, 0.717) is 12.1 Å². The SMILES string of the molecule is CC(Cc1ccsc1)NC(C)CC1CCCN1. The Balaban J connectivity index is 1.68. The Kier molecular flexibility index (Phi) is 5.01. The summed E-state index contributed by atoms with van der Waals surface area (Å²) in [7, 11) is 0. The normalized spacial score (nSPS) is 23.8. The topological polar surface area (TPSA) is 24.1 Å². The molecule has 96 valence electrons. The zero-order valence-corrected chi connectivity index (χ0v) is 11.7. The first-order valence-electron chi connectivity index (χ1n) is 6.74. The van der Waals surface area contributed by atoms with Crippen molar-refractivity contribution in [3.8, 4) is 0 Å². The molecule has 17 heavy (non-hydrogen) atoms. The Labute approximate surface area is 109 Å². The lowest BCUT2D eigenvalue weighted by Crippen LogP contribution is -2.39. The maximum absolute atomic E-state index is 3.71. The molecule has 0 amide bonds. The summed E-state index contributed by atoms with van der Waals surface area (Å²) in [6.45, 7) is 5.81. The molecule has 1 saturated heterocycles. The van der Waals surface area contributed by atoms with Gasteiger partial charge in [0.25, 0.3) is 0 Å². The number of rotatable bonds is 6. The third-order valence-corrected chi connectivity index (χ3v) is 4.22. The molecule has 2 N–H and O–H groups in total. The summed E-state index contributed by atoms with van der Waals surface area (Å²) in [6, 6.07) is 4.15. The van der Waals surface area contributed by atoms with Gasteiger partial charge in [0.1, 0.15) is 0 Å². The second-order valence-electron chi connectivity index (χ2n) is 5.33. The van der Waals surface area contributed by atoms with Gasteiger partial charge in [-0.25, -0.2) is 0 Å². The van der Waals surface area contributed by atoms with Crippen molar-refractivity contribution in [1.82, 2.24) is 10.6 Å². The molecule has 1 aliphatic rings. The maximum Gasteiger partial charge on any atom is 0.00822 e. The molecule has 3 atom stereocenters. The zero-order valence-electron chi connectivity index (χ0n) is 10.9. The van der Waals surface area contributed by atoms with E-state index in [1.165, 1.54) is 31.4 Å². The van der Waals surface area contributed by atoms with Crippen LogP contribution in [0.4, 0.5) is 0 Å². The molecule has 0 aromatic carbocycles. The predicted molar refractivity (Wildman–Crippen MR) is 75.7 cm³/mol. The summed E-state index contributed by atoms with van der Waals surface area (Å²) in [6.07, 6.45) is 5.10. The van der Waals surface area contributed by atoms with Gasteiger partial charge in [-0.2, -0.15) is 11.3 Å². The molecule has 3 heteroatoms. The molecule has 0 radical (unpaired) electrons. The van der Waals surface area contributed by atoms with Crippen LogP contribution in [0, 0.1) is 0 Å². The van der Waals surface area contributed by atoms with Gasteiger partial charge >= 0.3 is 0 Å². The van der Waals surface area contributed by atoms with Gasteiger partial charge in [-0.15, -0.1) is 0 Å². The van der Waals surface area contributed by atoms with Crippen molar-refractivity contribution in [2.24, 2.45) is 0 Å². The lowest BCUT2D eigenvalue weighted by molar-refractivity contribution is 0.401. The van der Waals surface area contributed by atoms with E-state index in [1.807, 2.05) is 0 Å². The highest BCUT2D eigenvalue weighted by Crippen LogP contribution is 2.12. The fourth-order valence-electron chi connectivity index (χ4n) is 2.76. The van der Waals surface area contributed by atoms with Gasteiger partial charge < -0.3 is 10.6 Å². The van der Waals surface area contributed by atoms with Crippen LogP contribution in [0.2, 0.25) is 0 Å². The Morgan fingerprint density at radius 3 is 3.00 bits per heavy atom. The van der Waals surface area contributed by atoms with Crippen LogP contribution in [0.25, 0.3) is 0 Å². The van der Waals surface area contributed by atoms with Crippen LogP contribution < -0.4 is 10.6 Å². The second-order valence-corrected chi connectivity index (χ2v) is 6.11. The Morgan fingerprint density at radius 1 is 1.47 bits per heavy atom. The van der Waals surface area contributed by atoms with Gasteiger partial charge in [-0.1, -0.05) is 0 Å². The van der Waals surface area contributed by atoms with E-state index in [4.69, 9.17) is 0 Å². The van der Waals surface area contributed by atoms with Crippen LogP contribution in [-0.2, 0) is 6.42 Å². The van der Waals surface area contributed by atoms with Crippen molar-refractivity contribution in [2.45, 2.75) is 57.7 Å². The average Bonchev–Trinajstić information content (AvgIpc) is 2.90. The lowest BCUT2D eigenvalue weighted by atomic mass is 10.0. The highest BCUT2D eigenvalue weighted by Gasteiger charge is 2.17. The summed E-state index contributed by atoms with van der Waals surface area (Å²) in [5.74, 6) is 0. The van der Waals surface area contributed by atoms with Crippen molar-refractivity contribution in [1.29, 1.82) is 0 Å². The summed E-state index contributed by atoms with van der Waals surface area (Å²) in [5.41, 5.74) is 1.46. The quantitative estimate of drug-likeness (QED) is 0.813. The van der Waals surface area contributed by atoms with E-state index in [9.17, 15) is 0 Å². The van der Waals surface area contributed by atoms with Gasteiger partial charge in [0, 0.05) is 18.1 Å². The molecule has 1 fully saturated rings. The van der Waals surface area contributed by atoms with E-state index in [-0.39, 0.29) is 0 Å².